The van der Waals surface area contributed by atoms with E-state index in [2.05, 4.69) is 35.3 Å². The van der Waals surface area contributed by atoms with Gasteiger partial charge >= 0.3 is 6.09 Å². The molecule has 12 heteroatoms. The molecule has 0 unspecified atom stereocenters. The number of aromatic nitrogens is 6. The number of halogens is 1. The van der Waals surface area contributed by atoms with Crippen molar-refractivity contribution in [2.45, 2.75) is 18.9 Å². The summed E-state index contributed by atoms with van der Waals surface area (Å²) < 4.78 is 21.2. The molecule has 36 heavy (non-hydrogen) atoms. The largest absolute Gasteiger partial charge is 0.453 e. The first-order chi connectivity index (χ1) is 17.6. The number of hydrogen-bond acceptors (Lipinski definition) is 9. The third-order valence-corrected chi connectivity index (χ3v) is 6.50. The molecule has 0 aliphatic carbocycles. The lowest BCUT2D eigenvalue weighted by Crippen LogP contribution is -2.50. The Bertz CT molecular complexity index is 1430. The van der Waals surface area contributed by atoms with Crippen LogP contribution in [0.25, 0.3) is 22.2 Å². The van der Waals surface area contributed by atoms with Gasteiger partial charge in [-0.3, -0.25) is 4.68 Å². The van der Waals surface area contributed by atoms with E-state index < -0.39 is 5.82 Å². The number of hydrogen-bond donors (Lipinski definition) is 1. The molecule has 11 nitrogen and oxygen atoms in total. The van der Waals surface area contributed by atoms with E-state index in [4.69, 9.17) is 4.74 Å². The molecule has 0 spiro atoms. The van der Waals surface area contributed by atoms with Crippen molar-refractivity contribution in [2.24, 2.45) is 0 Å². The molecule has 1 N–H and O–H groups in total. The number of anilines is 3. The second-order valence-electron chi connectivity index (χ2n) is 8.89. The number of benzene rings is 1. The average Bonchev–Trinajstić information content (AvgIpc) is 3.56. The summed E-state index contributed by atoms with van der Waals surface area (Å²) in [7, 11) is 1.36. The standard InChI is InChI=1S/C24H24FN9O2/c1-36-24(35)33-13-18(14-33)34-12-17(10-28-34)29-22-26-11-19(25)21(31-22)15-4-5-20-16(8-15)9-27-23(30-20)32-6-2-3-7-32/h4-5,8-12,18H,2-3,6-7,13-14H2,1H3,(H,26,29,31). The fraction of sp³-hybridized carbons (Fsp3) is 0.333. The Morgan fingerprint density at radius 2 is 1.94 bits per heavy atom. The van der Waals surface area contributed by atoms with E-state index in [1.165, 1.54) is 7.11 Å². The molecule has 0 saturated carbocycles. The lowest BCUT2D eigenvalue weighted by atomic mass is 10.1. The normalized spacial score (nSPS) is 15.8. The van der Waals surface area contributed by atoms with Gasteiger partial charge in [-0.15, -0.1) is 0 Å². The van der Waals surface area contributed by atoms with Crippen LogP contribution in [0.1, 0.15) is 18.9 Å². The number of fused-ring (bicyclic) bond motifs is 1. The van der Waals surface area contributed by atoms with Gasteiger partial charge in [0.2, 0.25) is 11.9 Å². The topological polar surface area (TPSA) is 114 Å². The second-order valence-corrected chi connectivity index (χ2v) is 8.89. The van der Waals surface area contributed by atoms with Crippen molar-refractivity contribution in [1.82, 2.24) is 34.6 Å². The highest BCUT2D eigenvalue weighted by Gasteiger charge is 2.33. The van der Waals surface area contributed by atoms with Crippen LogP contribution in [0.15, 0.2) is 43.0 Å². The Kier molecular flexibility index (Phi) is 5.55. The van der Waals surface area contributed by atoms with Gasteiger partial charge in [-0.25, -0.2) is 29.1 Å². The van der Waals surface area contributed by atoms with Crippen LogP contribution < -0.4 is 10.2 Å². The van der Waals surface area contributed by atoms with Crippen LogP contribution in [-0.4, -0.2) is 74.0 Å². The number of methoxy groups -OCH3 is 1. The van der Waals surface area contributed by atoms with Gasteiger partial charge in [0.1, 0.15) is 5.69 Å². The van der Waals surface area contributed by atoms with Crippen molar-refractivity contribution in [3.63, 3.8) is 0 Å². The van der Waals surface area contributed by atoms with E-state index in [1.54, 1.807) is 34.2 Å². The summed E-state index contributed by atoms with van der Waals surface area (Å²) in [6.45, 7) is 2.99. The molecule has 2 aliphatic heterocycles. The minimum atomic E-state index is -0.525. The number of ether oxygens (including phenoxy) is 1. The molecular formula is C24H24FN9O2. The molecule has 1 aromatic carbocycles. The van der Waals surface area contributed by atoms with Crippen LogP contribution in [0, 0.1) is 5.82 Å². The van der Waals surface area contributed by atoms with E-state index in [9.17, 15) is 9.18 Å². The van der Waals surface area contributed by atoms with Gasteiger partial charge in [-0.05, 0) is 25.0 Å². The Morgan fingerprint density at radius 3 is 2.75 bits per heavy atom. The third kappa shape index (κ3) is 4.14. The Balaban J connectivity index is 1.19. The number of nitrogens with zero attached hydrogens (tertiary/aromatic N) is 8. The first kappa shape index (κ1) is 22.1. The summed E-state index contributed by atoms with van der Waals surface area (Å²) in [6, 6.07) is 5.57. The molecule has 0 radical (unpaired) electrons. The van der Waals surface area contributed by atoms with E-state index >= 15 is 0 Å². The first-order valence-electron chi connectivity index (χ1n) is 11.8. The minimum absolute atomic E-state index is 0.0650. The quantitative estimate of drug-likeness (QED) is 0.450. The first-order valence-corrected chi connectivity index (χ1v) is 11.8. The van der Waals surface area contributed by atoms with Gasteiger partial charge in [0.05, 0.1) is 36.7 Å². The van der Waals surface area contributed by atoms with Crippen LogP contribution in [0.5, 0.6) is 0 Å². The Morgan fingerprint density at radius 1 is 1.11 bits per heavy atom. The maximum Gasteiger partial charge on any atom is 0.409 e. The van der Waals surface area contributed by atoms with Crippen molar-refractivity contribution in [3.8, 4) is 11.3 Å². The molecule has 0 bridgehead atoms. The molecule has 0 atom stereocenters. The number of amides is 1. The van der Waals surface area contributed by atoms with Gasteiger partial charge in [0.25, 0.3) is 0 Å². The lowest BCUT2D eigenvalue weighted by Gasteiger charge is -2.37. The fourth-order valence-electron chi connectivity index (χ4n) is 4.50. The van der Waals surface area contributed by atoms with Crippen LogP contribution in [0.3, 0.4) is 0 Å². The smallest absolute Gasteiger partial charge is 0.409 e. The number of carbonyl (C=O) groups excluding carboxylic acids is 1. The summed E-state index contributed by atoms with van der Waals surface area (Å²) in [6.07, 6.45) is 8.31. The van der Waals surface area contributed by atoms with Crippen molar-refractivity contribution in [3.05, 3.63) is 48.8 Å². The highest BCUT2D eigenvalue weighted by atomic mass is 19.1. The van der Waals surface area contributed by atoms with Gasteiger partial charge in [-0.1, -0.05) is 6.07 Å². The predicted octanol–water partition coefficient (Wildman–Crippen LogP) is 3.39. The highest BCUT2D eigenvalue weighted by Crippen LogP contribution is 2.28. The second kappa shape index (κ2) is 9.02. The molecular weight excluding hydrogens is 465 g/mol. The summed E-state index contributed by atoms with van der Waals surface area (Å²) in [5.74, 6) is 0.451. The van der Waals surface area contributed by atoms with E-state index in [0.29, 0.717) is 24.3 Å². The van der Waals surface area contributed by atoms with Gasteiger partial charge < -0.3 is 19.9 Å². The lowest BCUT2D eigenvalue weighted by molar-refractivity contribution is 0.0675. The zero-order valence-corrected chi connectivity index (χ0v) is 19.6. The Hall–Kier alpha value is -4.35. The van der Waals surface area contributed by atoms with Gasteiger partial charge in [-0.2, -0.15) is 5.10 Å². The zero-order valence-electron chi connectivity index (χ0n) is 19.6. The molecule has 184 valence electrons. The van der Waals surface area contributed by atoms with Gasteiger partial charge in [0, 0.05) is 49.5 Å². The molecule has 6 rings (SSSR count). The van der Waals surface area contributed by atoms with Crippen LogP contribution in [-0.2, 0) is 4.74 Å². The highest BCUT2D eigenvalue weighted by molar-refractivity contribution is 5.84. The van der Waals surface area contributed by atoms with Crippen molar-refractivity contribution in [1.29, 1.82) is 0 Å². The number of carbonyl (C=O) groups is 1. The molecule has 2 saturated heterocycles. The van der Waals surface area contributed by atoms with E-state index in [0.717, 1.165) is 49.0 Å². The molecule has 4 aromatic rings. The summed E-state index contributed by atoms with van der Waals surface area (Å²) >= 11 is 0. The molecule has 2 fully saturated rings. The molecule has 1 amide bonds. The monoisotopic (exact) mass is 489 g/mol. The molecule has 2 aliphatic rings. The van der Waals surface area contributed by atoms with Crippen molar-refractivity contribution >= 4 is 34.6 Å². The van der Waals surface area contributed by atoms with Crippen molar-refractivity contribution in [2.75, 3.05) is 43.5 Å². The third-order valence-electron chi connectivity index (χ3n) is 6.50. The van der Waals surface area contributed by atoms with Crippen LogP contribution >= 0.6 is 0 Å². The minimum Gasteiger partial charge on any atom is -0.453 e. The van der Waals surface area contributed by atoms with Gasteiger partial charge in [0.15, 0.2) is 5.82 Å². The maximum atomic E-state index is 14.7. The number of likely N-dealkylation sites (tertiary alicyclic amines) is 1. The van der Waals surface area contributed by atoms with Crippen LogP contribution in [0.4, 0.5) is 26.8 Å². The number of rotatable bonds is 5. The SMILES string of the molecule is COC(=O)N1CC(n2cc(Nc3ncc(F)c(-c4ccc5nc(N6CCCC6)ncc5c4)n3)cn2)C1. The van der Waals surface area contributed by atoms with E-state index in [1.807, 2.05) is 12.1 Å². The molecule has 3 aromatic heterocycles. The van der Waals surface area contributed by atoms with E-state index in [-0.39, 0.29) is 23.8 Å². The summed E-state index contributed by atoms with van der Waals surface area (Å²) in [4.78, 5) is 33.0. The van der Waals surface area contributed by atoms with Crippen molar-refractivity contribution < 1.29 is 13.9 Å². The summed E-state index contributed by atoms with van der Waals surface area (Å²) in [5.41, 5.74) is 2.25. The molecule has 5 heterocycles. The Labute approximate surface area is 205 Å². The fourth-order valence-corrected chi connectivity index (χ4v) is 4.50. The summed E-state index contributed by atoms with van der Waals surface area (Å²) in [5, 5.41) is 8.24. The average molecular weight is 490 g/mol. The zero-order chi connectivity index (χ0) is 24.6. The number of nitrogens with one attached hydrogen (secondary N) is 1. The maximum absolute atomic E-state index is 14.7. The predicted molar refractivity (Wildman–Crippen MR) is 130 cm³/mol. The van der Waals surface area contributed by atoms with Crippen LogP contribution in [0.2, 0.25) is 0 Å².